The van der Waals surface area contributed by atoms with E-state index >= 15 is 0 Å². The lowest BCUT2D eigenvalue weighted by Crippen LogP contribution is -2.06. The first-order valence-corrected chi connectivity index (χ1v) is 8.77. The standard InChI is InChI=1S/C16H13Cl4N5/c1-7-15(20)8(2)25(24-7)14-6-13(21-9(3)22-14)23-16-11(18)4-10(17)5-12(16)19/h4-6H,1-3H3,(H,21,22,23). The second kappa shape index (κ2) is 7.00. The van der Waals surface area contributed by atoms with Crippen molar-refractivity contribution in [1.82, 2.24) is 19.7 Å². The first-order chi connectivity index (χ1) is 11.8. The average Bonchev–Trinajstić information content (AvgIpc) is 2.78. The molecular weight excluding hydrogens is 404 g/mol. The van der Waals surface area contributed by atoms with Gasteiger partial charge in [0.25, 0.3) is 0 Å². The van der Waals surface area contributed by atoms with Crippen molar-refractivity contribution in [2.75, 3.05) is 5.32 Å². The minimum absolute atomic E-state index is 0.393. The van der Waals surface area contributed by atoms with Gasteiger partial charge in [-0.15, -0.1) is 0 Å². The van der Waals surface area contributed by atoms with Crippen LogP contribution in [-0.4, -0.2) is 19.7 Å². The zero-order chi connectivity index (χ0) is 18.3. The highest BCUT2D eigenvalue weighted by Crippen LogP contribution is 2.35. The topological polar surface area (TPSA) is 55.6 Å². The summed E-state index contributed by atoms with van der Waals surface area (Å²) in [6, 6.07) is 4.95. The SMILES string of the molecule is Cc1nc(Nc2c(Cl)cc(Cl)cc2Cl)cc(-n2nc(C)c(Cl)c2C)n1. The number of aromatic nitrogens is 4. The van der Waals surface area contributed by atoms with Gasteiger partial charge in [-0.05, 0) is 32.9 Å². The molecule has 3 aromatic rings. The van der Waals surface area contributed by atoms with Crippen molar-refractivity contribution in [3.8, 4) is 5.82 Å². The summed E-state index contributed by atoms with van der Waals surface area (Å²) in [6.07, 6.45) is 0. The van der Waals surface area contributed by atoms with Crippen LogP contribution < -0.4 is 5.32 Å². The fraction of sp³-hybridized carbons (Fsp3) is 0.188. The van der Waals surface area contributed by atoms with E-state index in [0.29, 0.717) is 43.2 Å². The van der Waals surface area contributed by atoms with Crippen LogP contribution in [0.2, 0.25) is 20.1 Å². The van der Waals surface area contributed by atoms with E-state index in [4.69, 9.17) is 46.4 Å². The Labute approximate surface area is 164 Å². The van der Waals surface area contributed by atoms with Gasteiger partial charge in [0, 0.05) is 11.1 Å². The van der Waals surface area contributed by atoms with Crippen LogP contribution in [-0.2, 0) is 0 Å². The smallest absolute Gasteiger partial charge is 0.159 e. The van der Waals surface area contributed by atoms with Crippen molar-refractivity contribution in [2.24, 2.45) is 0 Å². The Balaban J connectivity index is 2.05. The van der Waals surface area contributed by atoms with Crippen molar-refractivity contribution in [3.05, 3.63) is 55.5 Å². The van der Waals surface area contributed by atoms with Crippen LogP contribution in [0.4, 0.5) is 11.5 Å². The number of anilines is 2. The van der Waals surface area contributed by atoms with Gasteiger partial charge in [0.2, 0.25) is 0 Å². The molecule has 0 aliphatic carbocycles. The van der Waals surface area contributed by atoms with E-state index in [9.17, 15) is 0 Å². The molecule has 130 valence electrons. The van der Waals surface area contributed by atoms with Crippen LogP contribution in [0.5, 0.6) is 0 Å². The summed E-state index contributed by atoms with van der Waals surface area (Å²) in [7, 11) is 0. The third-order valence-corrected chi connectivity index (χ3v) is 4.87. The highest BCUT2D eigenvalue weighted by atomic mass is 35.5. The number of aryl methyl sites for hydroxylation is 2. The Bertz CT molecular complexity index is 944. The molecule has 0 amide bonds. The van der Waals surface area contributed by atoms with Crippen LogP contribution >= 0.6 is 46.4 Å². The molecule has 2 heterocycles. The maximum absolute atomic E-state index is 6.22. The largest absolute Gasteiger partial charge is 0.338 e. The number of nitrogens with one attached hydrogen (secondary N) is 1. The highest BCUT2D eigenvalue weighted by Gasteiger charge is 2.14. The molecule has 0 unspecified atom stereocenters. The third-order valence-electron chi connectivity index (χ3n) is 3.50. The van der Waals surface area contributed by atoms with Crippen LogP contribution in [0.1, 0.15) is 17.2 Å². The summed E-state index contributed by atoms with van der Waals surface area (Å²) in [5.41, 5.74) is 2.04. The molecule has 0 saturated carbocycles. The number of nitrogens with zero attached hydrogens (tertiary/aromatic N) is 4. The predicted molar refractivity (Wildman–Crippen MR) is 103 cm³/mol. The summed E-state index contributed by atoms with van der Waals surface area (Å²) in [5.74, 6) is 1.67. The Morgan fingerprint density at radius 2 is 1.56 bits per heavy atom. The van der Waals surface area contributed by atoms with Gasteiger partial charge in [-0.25, -0.2) is 14.6 Å². The molecule has 0 spiro atoms. The molecule has 0 bridgehead atoms. The molecule has 5 nitrogen and oxygen atoms in total. The molecule has 9 heteroatoms. The summed E-state index contributed by atoms with van der Waals surface area (Å²) in [5, 5.41) is 9.37. The van der Waals surface area contributed by atoms with E-state index in [1.807, 2.05) is 13.8 Å². The van der Waals surface area contributed by atoms with Crippen molar-refractivity contribution in [3.63, 3.8) is 0 Å². The summed E-state index contributed by atoms with van der Waals surface area (Å²) < 4.78 is 1.67. The molecule has 0 aliphatic heterocycles. The van der Waals surface area contributed by atoms with Gasteiger partial charge in [-0.2, -0.15) is 5.10 Å². The molecule has 3 rings (SSSR count). The Kier molecular flexibility index (Phi) is 5.11. The molecule has 0 saturated heterocycles. The fourth-order valence-corrected chi connectivity index (χ4v) is 3.39. The monoisotopic (exact) mass is 415 g/mol. The molecule has 25 heavy (non-hydrogen) atoms. The highest BCUT2D eigenvalue weighted by molar-refractivity contribution is 6.41. The van der Waals surface area contributed by atoms with E-state index < -0.39 is 0 Å². The lowest BCUT2D eigenvalue weighted by atomic mass is 10.3. The van der Waals surface area contributed by atoms with Crippen molar-refractivity contribution in [2.45, 2.75) is 20.8 Å². The van der Waals surface area contributed by atoms with Gasteiger partial charge < -0.3 is 5.32 Å². The third kappa shape index (κ3) is 3.70. The second-order valence-corrected chi connectivity index (χ2v) is 7.05. The van der Waals surface area contributed by atoms with Crippen molar-refractivity contribution < 1.29 is 0 Å². The fourth-order valence-electron chi connectivity index (χ4n) is 2.36. The number of halogens is 4. The van der Waals surface area contributed by atoms with Crippen LogP contribution in [0, 0.1) is 20.8 Å². The maximum Gasteiger partial charge on any atom is 0.159 e. The molecule has 1 N–H and O–H groups in total. The lowest BCUT2D eigenvalue weighted by molar-refractivity contribution is 0.794. The van der Waals surface area contributed by atoms with Crippen molar-refractivity contribution in [1.29, 1.82) is 0 Å². The Hall–Kier alpha value is -1.53. The lowest BCUT2D eigenvalue weighted by Gasteiger charge is -2.12. The summed E-state index contributed by atoms with van der Waals surface area (Å²) in [4.78, 5) is 8.80. The van der Waals surface area contributed by atoms with Crippen LogP contribution in [0.25, 0.3) is 5.82 Å². The number of hydrogen-bond acceptors (Lipinski definition) is 4. The Morgan fingerprint density at radius 3 is 2.12 bits per heavy atom. The van der Waals surface area contributed by atoms with Gasteiger partial charge in [0.1, 0.15) is 11.6 Å². The molecule has 0 radical (unpaired) electrons. The Morgan fingerprint density at radius 1 is 0.920 bits per heavy atom. The number of benzene rings is 1. The predicted octanol–water partition coefficient (Wildman–Crippen LogP) is 5.94. The number of rotatable bonds is 3. The summed E-state index contributed by atoms with van der Waals surface area (Å²) >= 11 is 24.6. The van der Waals surface area contributed by atoms with Gasteiger partial charge >= 0.3 is 0 Å². The number of hydrogen-bond donors (Lipinski definition) is 1. The van der Waals surface area contributed by atoms with Crippen LogP contribution in [0.15, 0.2) is 18.2 Å². The van der Waals surface area contributed by atoms with Crippen LogP contribution in [0.3, 0.4) is 0 Å². The van der Waals surface area contributed by atoms with Gasteiger partial charge in [0.05, 0.1) is 32.1 Å². The molecular formula is C16H13Cl4N5. The molecule has 0 aliphatic rings. The normalized spacial score (nSPS) is 11.0. The molecule has 0 atom stereocenters. The quantitative estimate of drug-likeness (QED) is 0.573. The minimum atomic E-state index is 0.393. The van der Waals surface area contributed by atoms with Gasteiger partial charge in [-0.1, -0.05) is 46.4 Å². The first-order valence-electron chi connectivity index (χ1n) is 7.25. The van der Waals surface area contributed by atoms with E-state index in [1.165, 1.54) is 0 Å². The van der Waals surface area contributed by atoms with Gasteiger partial charge in [0.15, 0.2) is 5.82 Å². The zero-order valence-corrected chi connectivity index (χ0v) is 16.6. The summed E-state index contributed by atoms with van der Waals surface area (Å²) in [6.45, 7) is 5.50. The molecule has 0 fully saturated rings. The van der Waals surface area contributed by atoms with E-state index in [2.05, 4.69) is 20.4 Å². The van der Waals surface area contributed by atoms with E-state index in [1.54, 1.807) is 29.8 Å². The van der Waals surface area contributed by atoms with Gasteiger partial charge in [-0.3, -0.25) is 0 Å². The maximum atomic E-state index is 6.22. The minimum Gasteiger partial charge on any atom is -0.338 e. The van der Waals surface area contributed by atoms with E-state index in [0.717, 1.165) is 11.4 Å². The first kappa shape index (κ1) is 18.3. The zero-order valence-electron chi connectivity index (χ0n) is 13.5. The average molecular weight is 417 g/mol. The van der Waals surface area contributed by atoms with E-state index in [-0.39, 0.29) is 0 Å². The van der Waals surface area contributed by atoms with Crippen molar-refractivity contribution >= 4 is 57.9 Å². The molecule has 1 aromatic carbocycles. The second-order valence-electron chi connectivity index (χ2n) is 5.42. The molecule has 2 aromatic heterocycles.